The lowest BCUT2D eigenvalue weighted by molar-refractivity contribution is 0.548. The molecular weight excluding hydrogens is 251 g/mol. The Kier molecular flexibility index (Phi) is 5.03. The van der Waals surface area contributed by atoms with E-state index < -0.39 is 0 Å². The van der Waals surface area contributed by atoms with Crippen molar-refractivity contribution in [3.63, 3.8) is 0 Å². The molecular formula is C17H27FN2. The largest absolute Gasteiger partial charge is 0.366 e. The zero-order chi connectivity index (χ0) is 14.7. The molecule has 3 heteroatoms. The summed E-state index contributed by atoms with van der Waals surface area (Å²) < 4.78 is 14.3. The van der Waals surface area contributed by atoms with Crippen LogP contribution in [0, 0.1) is 17.7 Å². The van der Waals surface area contributed by atoms with E-state index in [1.165, 1.54) is 0 Å². The number of halogens is 1. The van der Waals surface area contributed by atoms with E-state index in [2.05, 4.69) is 37.9 Å². The van der Waals surface area contributed by atoms with Gasteiger partial charge in [-0.05, 0) is 43.4 Å². The standard InChI is InChI=1S/C17H27FN2/c1-12(2)9-19-10-15-6-5-7-16(18)17(15)20-11-13(3)8-14(20)4/h5-7,12-14,19H,8-11H2,1-4H3. The minimum Gasteiger partial charge on any atom is -0.366 e. The van der Waals surface area contributed by atoms with Crippen molar-refractivity contribution in [3.8, 4) is 0 Å². The lowest BCUT2D eigenvalue weighted by Gasteiger charge is -2.27. The number of para-hydroxylation sites is 1. The molecule has 0 radical (unpaired) electrons. The van der Waals surface area contributed by atoms with Gasteiger partial charge in [0.2, 0.25) is 0 Å². The maximum atomic E-state index is 14.3. The smallest absolute Gasteiger partial charge is 0.146 e. The summed E-state index contributed by atoms with van der Waals surface area (Å²) in [7, 11) is 0. The number of rotatable bonds is 5. The van der Waals surface area contributed by atoms with E-state index in [4.69, 9.17) is 0 Å². The van der Waals surface area contributed by atoms with Crippen molar-refractivity contribution in [2.45, 2.75) is 46.7 Å². The topological polar surface area (TPSA) is 15.3 Å². The molecule has 1 fully saturated rings. The summed E-state index contributed by atoms with van der Waals surface area (Å²) in [5, 5.41) is 3.42. The third kappa shape index (κ3) is 3.51. The molecule has 1 aromatic rings. The Morgan fingerprint density at radius 2 is 2.10 bits per heavy atom. The third-order valence-corrected chi connectivity index (χ3v) is 4.01. The minimum atomic E-state index is -0.0882. The molecule has 1 saturated heterocycles. The van der Waals surface area contributed by atoms with Crippen molar-refractivity contribution in [2.24, 2.45) is 11.8 Å². The average Bonchev–Trinajstić information content (AvgIpc) is 2.68. The van der Waals surface area contributed by atoms with Crippen LogP contribution in [0.3, 0.4) is 0 Å². The van der Waals surface area contributed by atoms with Crippen LogP contribution in [-0.4, -0.2) is 19.1 Å². The Morgan fingerprint density at radius 3 is 2.70 bits per heavy atom. The third-order valence-electron chi connectivity index (χ3n) is 4.01. The minimum absolute atomic E-state index is 0.0882. The van der Waals surface area contributed by atoms with Gasteiger partial charge in [-0.3, -0.25) is 0 Å². The van der Waals surface area contributed by atoms with E-state index in [1.54, 1.807) is 6.07 Å². The van der Waals surface area contributed by atoms with E-state index in [0.717, 1.165) is 37.3 Å². The second-order valence-corrected chi connectivity index (χ2v) is 6.61. The molecule has 0 aliphatic carbocycles. The first-order valence-corrected chi connectivity index (χ1v) is 7.73. The molecule has 1 N–H and O–H groups in total. The summed E-state index contributed by atoms with van der Waals surface area (Å²) in [6, 6.07) is 5.86. The van der Waals surface area contributed by atoms with Crippen molar-refractivity contribution >= 4 is 5.69 Å². The maximum Gasteiger partial charge on any atom is 0.146 e. The van der Waals surface area contributed by atoms with Crippen LogP contribution in [-0.2, 0) is 6.54 Å². The second-order valence-electron chi connectivity index (χ2n) is 6.61. The maximum absolute atomic E-state index is 14.3. The van der Waals surface area contributed by atoms with Crippen LogP contribution in [0.4, 0.5) is 10.1 Å². The Balaban J connectivity index is 2.18. The highest BCUT2D eigenvalue weighted by Gasteiger charge is 2.29. The van der Waals surface area contributed by atoms with Gasteiger partial charge in [0.25, 0.3) is 0 Å². The number of nitrogens with one attached hydrogen (secondary N) is 1. The normalized spacial score (nSPS) is 22.8. The van der Waals surface area contributed by atoms with Crippen LogP contribution in [0.25, 0.3) is 0 Å². The molecule has 0 aromatic heterocycles. The molecule has 2 atom stereocenters. The highest BCUT2D eigenvalue weighted by Crippen LogP contribution is 2.33. The molecule has 20 heavy (non-hydrogen) atoms. The fourth-order valence-corrected chi connectivity index (χ4v) is 3.13. The molecule has 112 valence electrons. The molecule has 2 unspecified atom stereocenters. The Hall–Kier alpha value is -1.09. The zero-order valence-electron chi connectivity index (χ0n) is 13.1. The van der Waals surface area contributed by atoms with Crippen LogP contribution in [0.5, 0.6) is 0 Å². The van der Waals surface area contributed by atoms with E-state index in [0.29, 0.717) is 17.9 Å². The van der Waals surface area contributed by atoms with Gasteiger partial charge in [-0.1, -0.05) is 32.9 Å². The number of hydrogen-bond acceptors (Lipinski definition) is 2. The van der Waals surface area contributed by atoms with Gasteiger partial charge in [-0.15, -0.1) is 0 Å². The summed E-state index contributed by atoms with van der Waals surface area (Å²) in [5.74, 6) is 1.16. The van der Waals surface area contributed by atoms with Crippen molar-refractivity contribution in [2.75, 3.05) is 18.0 Å². The van der Waals surface area contributed by atoms with E-state index in [-0.39, 0.29) is 5.82 Å². The Morgan fingerprint density at radius 1 is 1.35 bits per heavy atom. The monoisotopic (exact) mass is 278 g/mol. The van der Waals surface area contributed by atoms with Gasteiger partial charge >= 0.3 is 0 Å². The number of hydrogen-bond donors (Lipinski definition) is 1. The molecule has 2 nitrogen and oxygen atoms in total. The van der Waals surface area contributed by atoms with E-state index in [1.807, 2.05) is 12.1 Å². The van der Waals surface area contributed by atoms with Gasteiger partial charge in [0, 0.05) is 19.1 Å². The lowest BCUT2D eigenvalue weighted by atomic mass is 10.1. The summed E-state index contributed by atoms with van der Waals surface area (Å²) >= 11 is 0. The first-order valence-electron chi connectivity index (χ1n) is 7.73. The number of anilines is 1. The lowest BCUT2D eigenvalue weighted by Crippen LogP contribution is -2.30. The van der Waals surface area contributed by atoms with Gasteiger partial charge in [0.05, 0.1) is 5.69 Å². The predicted molar refractivity (Wildman–Crippen MR) is 83.5 cm³/mol. The quantitative estimate of drug-likeness (QED) is 0.881. The molecule has 0 amide bonds. The molecule has 1 aliphatic rings. The summed E-state index contributed by atoms with van der Waals surface area (Å²) in [6.45, 7) is 11.5. The summed E-state index contributed by atoms with van der Waals surface area (Å²) in [4.78, 5) is 2.24. The van der Waals surface area contributed by atoms with Crippen molar-refractivity contribution in [1.82, 2.24) is 5.32 Å². The first kappa shape index (κ1) is 15.3. The Bertz CT molecular complexity index is 445. The van der Waals surface area contributed by atoms with Crippen molar-refractivity contribution in [3.05, 3.63) is 29.6 Å². The predicted octanol–water partition coefficient (Wildman–Crippen LogP) is 3.81. The molecule has 1 aromatic carbocycles. The van der Waals surface area contributed by atoms with Crippen LogP contribution in [0.1, 0.15) is 39.7 Å². The van der Waals surface area contributed by atoms with E-state index >= 15 is 0 Å². The van der Waals surface area contributed by atoms with Crippen molar-refractivity contribution in [1.29, 1.82) is 0 Å². The van der Waals surface area contributed by atoms with Gasteiger partial charge < -0.3 is 10.2 Å². The number of nitrogens with zero attached hydrogens (tertiary/aromatic N) is 1. The van der Waals surface area contributed by atoms with Crippen LogP contribution in [0.15, 0.2) is 18.2 Å². The Labute approximate surface area is 122 Å². The van der Waals surface area contributed by atoms with Crippen LogP contribution >= 0.6 is 0 Å². The highest BCUT2D eigenvalue weighted by atomic mass is 19.1. The molecule has 1 heterocycles. The second kappa shape index (κ2) is 6.57. The first-order chi connectivity index (χ1) is 9.49. The average molecular weight is 278 g/mol. The van der Waals surface area contributed by atoms with Crippen molar-refractivity contribution < 1.29 is 4.39 Å². The van der Waals surface area contributed by atoms with Crippen LogP contribution in [0.2, 0.25) is 0 Å². The fourth-order valence-electron chi connectivity index (χ4n) is 3.13. The summed E-state index contributed by atoms with van der Waals surface area (Å²) in [5.41, 5.74) is 1.88. The molecule has 0 saturated carbocycles. The molecule has 2 rings (SSSR count). The van der Waals surface area contributed by atoms with E-state index in [9.17, 15) is 4.39 Å². The summed E-state index contributed by atoms with van der Waals surface area (Å²) in [6.07, 6.45) is 1.15. The van der Waals surface area contributed by atoms with Gasteiger partial charge in [-0.25, -0.2) is 4.39 Å². The van der Waals surface area contributed by atoms with Gasteiger partial charge in [0.1, 0.15) is 5.82 Å². The molecule has 0 bridgehead atoms. The van der Waals surface area contributed by atoms with Gasteiger partial charge in [0.15, 0.2) is 0 Å². The van der Waals surface area contributed by atoms with Crippen LogP contribution < -0.4 is 10.2 Å². The highest BCUT2D eigenvalue weighted by molar-refractivity contribution is 5.56. The molecule has 1 aliphatic heterocycles. The fraction of sp³-hybridized carbons (Fsp3) is 0.647. The molecule has 0 spiro atoms. The number of benzene rings is 1. The SMILES string of the molecule is CC(C)CNCc1cccc(F)c1N1CC(C)CC1C. The van der Waals surface area contributed by atoms with Gasteiger partial charge in [-0.2, -0.15) is 0 Å². The zero-order valence-corrected chi connectivity index (χ0v) is 13.1.